The van der Waals surface area contributed by atoms with Crippen molar-refractivity contribution in [1.82, 2.24) is 0 Å². The van der Waals surface area contributed by atoms with Gasteiger partial charge in [0.15, 0.2) is 0 Å². The fourth-order valence-corrected chi connectivity index (χ4v) is 6.00. The van der Waals surface area contributed by atoms with E-state index in [0.717, 1.165) is 0 Å². The lowest BCUT2D eigenvalue weighted by molar-refractivity contribution is 0.591. The summed E-state index contributed by atoms with van der Waals surface area (Å²) in [5.41, 5.74) is 6.53. The van der Waals surface area contributed by atoms with Crippen molar-refractivity contribution < 1.29 is 0 Å². The molecule has 0 atom stereocenters. The lowest BCUT2D eigenvalue weighted by Gasteiger charge is -2.23. The largest absolute Gasteiger partial charge is 0.0616 e. The molecule has 0 fully saturated rings. The second kappa shape index (κ2) is 8.57. The molecule has 7 aromatic carbocycles. The van der Waals surface area contributed by atoms with Crippen molar-refractivity contribution in [2.75, 3.05) is 0 Å². The zero-order chi connectivity index (χ0) is 25.9. The zero-order valence-electron chi connectivity index (χ0n) is 22.1. The molecule has 0 unspecified atom stereocenters. The molecule has 0 aliphatic carbocycles. The Labute approximate surface area is 224 Å². The lowest BCUT2D eigenvalue weighted by atomic mass is 9.81. The second-order valence-electron chi connectivity index (χ2n) is 11.4. The topological polar surface area (TPSA) is 0 Å². The minimum atomic E-state index is 0.00549. The van der Waals surface area contributed by atoms with Crippen LogP contribution in [0.2, 0.25) is 0 Å². The molecule has 0 saturated carbocycles. The third-order valence-corrected chi connectivity index (χ3v) is 7.92. The van der Waals surface area contributed by atoms with Crippen LogP contribution in [-0.2, 0) is 5.41 Å². The van der Waals surface area contributed by atoms with E-state index in [-0.39, 0.29) is 5.41 Å². The summed E-state index contributed by atoms with van der Waals surface area (Å²) in [6.07, 6.45) is 0. The maximum absolute atomic E-state index is 2.43. The number of rotatable bonds is 2. The first-order valence-corrected chi connectivity index (χ1v) is 13.4. The number of fused-ring (bicyclic) bond motifs is 4. The lowest BCUT2D eigenvalue weighted by Crippen LogP contribution is -2.11. The Morgan fingerprint density at radius 3 is 1.00 bits per heavy atom. The normalized spacial score (nSPS) is 12.1. The molecule has 0 radical (unpaired) electrons. The Kier molecular flexibility index (Phi) is 5.13. The monoisotopic (exact) mass is 486 g/mol. The summed E-state index contributed by atoms with van der Waals surface area (Å²) in [5, 5.41) is 10.3. The van der Waals surface area contributed by atoms with Gasteiger partial charge >= 0.3 is 0 Å². The fraction of sp³-hybridized carbons (Fsp3) is 0.105. The van der Waals surface area contributed by atoms with E-state index in [1.54, 1.807) is 0 Å². The van der Waals surface area contributed by atoms with E-state index in [9.17, 15) is 0 Å². The Hall–Kier alpha value is -4.42. The molecule has 0 heteroatoms. The standard InChI is InChI=1S/C38H30/c1-38(2,3)31-23-29(36-32-16-8-4-12-25(32)20-26-13-5-9-17-33(26)36)22-30(24-31)37-34-18-10-6-14-27(34)21-28-15-7-11-19-35(28)37/h4-24H,1-3H3. The molecule has 182 valence electrons. The maximum Gasteiger partial charge on any atom is -0.00265 e. The minimum absolute atomic E-state index is 0.00549. The highest BCUT2D eigenvalue weighted by molar-refractivity contribution is 6.15. The van der Waals surface area contributed by atoms with Crippen LogP contribution in [0.15, 0.2) is 127 Å². The molecule has 7 rings (SSSR count). The van der Waals surface area contributed by atoms with E-state index < -0.39 is 0 Å². The van der Waals surface area contributed by atoms with Crippen LogP contribution in [0.1, 0.15) is 26.3 Å². The van der Waals surface area contributed by atoms with E-state index in [1.165, 1.54) is 70.9 Å². The van der Waals surface area contributed by atoms with Gasteiger partial charge < -0.3 is 0 Å². The van der Waals surface area contributed by atoms with Crippen LogP contribution in [0.4, 0.5) is 0 Å². The summed E-state index contributed by atoms with van der Waals surface area (Å²) in [6.45, 7) is 6.95. The van der Waals surface area contributed by atoms with Crippen LogP contribution < -0.4 is 0 Å². The van der Waals surface area contributed by atoms with E-state index in [0.29, 0.717) is 0 Å². The molecule has 0 aromatic heterocycles. The number of benzene rings is 7. The van der Waals surface area contributed by atoms with Gasteiger partial charge in [0.25, 0.3) is 0 Å². The molecule has 0 bridgehead atoms. The van der Waals surface area contributed by atoms with Gasteiger partial charge in [-0.25, -0.2) is 0 Å². The molecule has 0 amide bonds. The van der Waals surface area contributed by atoms with Crippen molar-refractivity contribution in [3.63, 3.8) is 0 Å². The zero-order valence-corrected chi connectivity index (χ0v) is 22.1. The molecule has 0 spiro atoms. The SMILES string of the molecule is CC(C)(C)c1cc(-c2c3ccccc3cc3ccccc23)cc(-c2c3ccccc3cc3ccccc23)c1. The van der Waals surface area contributed by atoms with Gasteiger partial charge in [0.1, 0.15) is 0 Å². The third-order valence-electron chi connectivity index (χ3n) is 7.92. The smallest absolute Gasteiger partial charge is 0.00265 e. The Morgan fingerprint density at radius 2 is 0.684 bits per heavy atom. The third kappa shape index (κ3) is 3.68. The van der Waals surface area contributed by atoms with Gasteiger partial charge in [0, 0.05) is 0 Å². The first kappa shape index (κ1) is 22.8. The van der Waals surface area contributed by atoms with Crippen molar-refractivity contribution in [3.8, 4) is 22.3 Å². The van der Waals surface area contributed by atoms with E-state index in [1.807, 2.05) is 0 Å². The van der Waals surface area contributed by atoms with Crippen LogP contribution in [0, 0.1) is 0 Å². The predicted molar refractivity (Wildman–Crippen MR) is 166 cm³/mol. The van der Waals surface area contributed by atoms with Gasteiger partial charge in [-0.1, -0.05) is 130 Å². The summed E-state index contributed by atoms with van der Waals surface area (Å²) in [7, 11) is 0. The maximum atomic E-state index is 2.43. The van der Waals surface area contributed by atoms with Crippen LogP contribution in [0.3, 0.4) is 0 Å². The Morgan fingerprint density at radius 1 is 0.368 bits per heavy atom. The molecule has 0 nitrogen and oxygen atoms in total. The van der Waals surface area contributed by atoms with Crippen molar-refractivity contribution in [2.45, 2.75) is 26.2 Å². The molecule has 0 saturated heterocycles. The Bertz CT molecular complexity index is 1750. The summed E-state index contributed by atoms with van der Waals surface area (Å²) in [4.78, 5) is 0. The van der Waals surface area contributed by atoms with Gasteiger partial charge in [-0.2, -0.15) is 0 Å². The van der Waals surface area contributed by atoms with Crippen molar-refractivity contribution in [2.24, 2.45) is 0 Å². The highest BCUT2D eigenvalue weighted by Gasteiger charge is 2.20. The summed E-state index contributed by atoms with van der Waals surface area (Å²) < 4.78 is 0. The van der Waals surface area contributed by atoms with E-state index >= 15 is 0 Å². The Balaban J connectivity index is 1.64. The average Bonchev–Trinajstić information content (AvgIpc) is 2.93. The molecule has 38 heavy (non-hydrogen) atoms. The molecule has 0 heterocycles. The molecular formula is C38H30. The quantitative estimate of drug-likeness (QED) is 0.213. The van der Waals surface area contributed by atoms with Crippen LogP contribution in [-0.4, -0.2) is 0 Å². The minimum Gasteiger partial charge on any atom is -0.0616 e. The van der Waals surface area contributed by atoms with Crippen molar-refractivity contribution in [3.05, 3.63) is 133 Å². The van der Waals surface area contributed by atoms with Gasteiger partial charge in [-0.05, 0) is 94.5 Å². The van der Waals surface area contributed by atoms with E-state index in [4.69, 9.17) is 0 Å². The van der Waals surface area contributed by atoms with Crippen LogP contribution in [0.25, 0.3) is 65.3 Å². The highest BCUT2D eigenvalue weighted by atomic mass is 14.2. The fourth-order valence-electron chi connectivity index (χ4n) is 6.00. The molecule has 7 aromatic rings. The van der Waals surface area contributed by atoms with E-state index in [2.05, 4.69) is 148 Å². The summed E-state index contributed by atoms with van der Waals surface area (Å²) >= 11 is 0. The van der Waals surface area contributed by atoms with Gasteiger partial charge in [0.05, 0.1) is 0 Å². The molecule has 0 N–H and O–H groups in total. The highest BCUT2D eigenvalue weighted by Crippen LogP contribution is 2.43. The molecule has 0 aliphatic heterocycles. The predicted octanol–water partition coefficient (Wildman–Crippen LogP) is 10.9. The van der Waals surface area contributed by atoms with Crippen LogP contribution in [0.5, 0.6) is 0 Å². The molecular weight excluding hydrogens is 456 g/mol. The van der Waals surface area contributed by atoms with Crippen molar-refractivity contribution in [1.29, 1.82) is 0 Å². The van der Waals surface area contributed by atoms with Crippen LogP contribution >= 0.6 is 0 Å². The number of hydrogen-bond acceptors (Lipinski definition) is 0. The average molecular weight is 487 g/mol. The van der Waals surface area contributed by atoms with Gasteiger partial charge in [-0.3, -0.25) is 0 Å². The summed E-state index contributed by atoms with van der Waals surface area (Å²) in [5.74, 6) is 0. The van der Waals surface area contributed by atoms with Crippen molar-refractivity contribution >= 4 is 43.1 Å². The second-order valence-corrected chi connectivity index (χ2v) is 11.4. The van der Waals surface area contributed by atoms with Gasteiger partial charge in [0.2, 0.25) is 0 Å². The first-order chi connectivity index (χ1) is 18.5. The number of hydrogen-bond donors (Lipinski definition) is 0. The summed E-state index contributed by atoms with van der Waals surface area (Å²) in [6, 6.07) is 47.1. The first-order valence-electron chi connectivity index (χ1n) is 13.4. The molecule has 0 aliphatic rings. The van der Waals surface area contributed by atoms with Gasteiger partial charge in [-0.15, -0.1) is 0 Å².